The van der Waals surface area contributed by atoms with E-state index in [-0.39, 0.29) is 12.2 Å². The molecule has 2 N–H and O–H groups in total. The van der Waals surface area contributed by atoms with Gasteiger partial charge in [0.25, 0.3) is 5.91 Å². The number of benzene rings is 1. The number of hydrogen-bond acceptors (Lipinski definition) is 5. The first-order chi connectivity index (χ1) is 10.4. The van der Waals surface area contributed by atoms with E-state index in [4.69, 9.17) is 5.11 Å². The predicted molar refractivity (Wildman–Crippen MR) is 78.5 cm³/mol. The van der Waals surface area contributed by atoms with Gasteiger partial charge in [0.15, 0.2) is 6.61 Å². The third kappa shape index (κ3) is 6.49. The minimum absolute atomic E-state index is 0.00263. The van der Waals surface area contributed by atoms with Crippen molar-refractivity contribution in [1.82, 2.24) is 5.32 Å². The molecule has 0 aliphatic heterocycles. The highest BCUT2D eigenvalue weighted by Crippen LogP contribution is 2.08. The predicted octanol–water partition coefficient (Wildman–Crippen LogP) is 0.317. The lowest BCUT2D eigenvalue weighted by atomic mass is 10.2. The van der Waals surface area contributed by atoms with Crippen molar-refractivity contribution >= 4 is 28.6 Å². The molecule has 0 spiro atoms. The zero-order valence-electron chi connectivity index (χ0n) is 12.0. The average Bonchev–Trinajstić information content (AvgIpc) is 2.49. The number of carboxylic acids is 1. The third-order valence-electron chi connectivity index (χ3n) is 2.64. The van der Waals surface area contributed by atoms with Crippen LogP contribution in [0.3, 0.4) is 0 Å². The molecule has 0 aromatic heterocycles. The van der Waals surface area contributed by atoms with Crippen molar-refractivity contribution < 1.29 is 28.4 Å². The quantitative estimate of drug-likeness (QED) is 0.665. The van der Waals surface area contributed by atoms with Crippen LogP contribution >= 0.6 is 0 Å². The number of esters is 1. The lowest BCUT2D eigenvalue weighted by Crippen LogP contribution is -2.43. The minimum Gasteiger partial charge on any atom is -0.480 e. The molecule has 2 atom stereocenters. The Morgan fingerprint density at radius 2 is 1.91 bits per heavy atom. The maximum absolute atomic E-state index is 12.0. The van der Waals surface area contributed by atoms with E-state index < -0.39 is 41.3 Å². The van der Waals surface area contributed by atoms with E-state index in [1.807, 2.05) is 0 Å². The molecule has 1 amide bonds. The standard InChI is InChI=1S/C14H17NO6S/c1-10(16)21-9-13(17)15-12(14(18)19)7-8-22(20)11-5-3-2-4-6-11/h2-6,12H,7-9H2,1H3,(H,15,17)(H,18,19)/t12-,22-/m1/s1. The molecule has 7 nitrogen and oxygen atoms in total. The summed E-state index contributed by atoms with van der Waals surface area (Å²) >= 11 is 0. The molecule has 0 radical (unpaired) electrons. The Labute approximate surface area is 130 Å². The smallest absolute Gasteiger partial charge is 0.326 e. The number of carbonyl (C=O) groups is 3. The number of aliphatic carboxylic acids is 1. The van der Waals surface area contributed by atoms with Crippen LogP contribution in [0.1, 0.15) is 13.3 Å². The van der Waals surface area contributed by atoms with Gasteiger partial charge >= 0.3 is 11.9 Å². The van der Waals surface area contributed by atoms with E-state index >= 15 is 0 Å². The Morgan fingerprint density at radius 1 is 1.27 bits per heavy atom. The zero-order valence-corrected chi connectivity index (χ0v) is 12.8. The van der Waals surface area contributed by atoms with Gasteiger partial charge in [-0.15, -0.1) is 0 Å². The molecule has 8 heteroatoms. The van der Waals surface area contributed by atoms with Crippen molar-refractivity contribution in [2.75, 3.05) is 12.4 Å². The number of rotatable bonds is 8. The van der Waals surface area contributed by atoms with Crippen LogP contribution in [0.4, 0.5) is 0 Å². The molecule has 1 aromatic rings. The zero-order chi connectivity index (χ0) is 16.5. The first kappa shape index (κ1) is 17.8. The maximum Gasteiger partial charge on any atom is 0.326 e. The van der Waals surface area contributed by atoms with Gasteiger partial charge in [-0.25, -0.2) is 4.79 Å². The average molecular weight is 327 g/mol. The summed E-state index contributed by atoms with van der Waals surface area (Å²) in [7, 11) is -1.35. The summed E-state index contributed by atoms with van der Waals surface area (Å²) in [5, 5.41) is 11.3. The molecule has 0 unspecified atom stereocenters. The highest BCUT2D eigenvalue weighted by atomic mass is 32.2. The molecular weight excluding hydrogens is 310 g/mol. The van der Waals surface area contributed by atoms with Crippen LogP contribution in [-0.2, 0) is 29.9 Å². The van der Waals surface area contributed by atoms with Crippen LogP contribution in [0.5, 0.6) is 0 Å². The van der Waals surface area contributed by atoms with Gasteiger partial charge in [-0.2, -0.15) is 0 Å². The van der Waals surface area contributed by atoms with Crippen molar-refractivity contribution in [2.24, 2.45) is 0 Å². The van der Waals surface area contributed by atoms with Gasteiger partial charge in [0, 0.05) is 17.6 Å². The second kappa shape index (κ2) is 8.93. The fourth-order valence-corrected chi connectivity index (χ4v) is 2.72. The summed E-state index contributed by atoms with van der Waals surface area (Å²) in [6, 6.07) is 7.45. The fourth-order valence-electron chi connectivity index (χ4n) is 1.58. The topological polar surface area (TPSA) is 110 Å². The molecular formula is C14H17NO6S. The van der Waals surface area contributed by atoms with Crippen LogP contribution in [-0.4, -0.2) is 45.6 Å². The van der Waals surface area contributed by atoms with E-state index in [0.29, 0.717) is 4.90 Å². The fraction of sp³-hybridized carbons (Fsp3) is 0.357. The Bertz CT molecular complexity index is 560. The van der Waals surface area contributed by atoms with Gasteiger partial charge in [-0.05, 0) is 18.6 Å². The van der Waals surface area contributed by atoms with E-state index in [9.17, 15) is 18.6 Å². The number of ether oxygens (including phenoxy) is 1. The Balaban J connectivity index is 2.51. The minimum atomic E-state index is -1.35. The van der Waals surface area contributed by atoms with Gasteiger partial charge in [-0.1, -0.05) is 18.2 Å². The molecule has 0 heterocycles. The molecule has 0 aliphatic carbocycles. The molecule has 1 rings (SSSR count). The van der Waals surface area contributed by atoms with E-state index in [1.54, 1.807) is 30.3 Å². The van der Waals surface area contributed by atoms with Crippen LogP contribution in [0.25, 0.3) is 0 Å². The normalized spacial score (nSPS) is 13.0. The number of carbonyl (C=O) groups excluding carboxylic acids is 2. The Kier molecular flexibility index (Phi) is 7.24. The van der Waals surface area contributed by atoms with Crippen molar-refractivity contribution in [1.29, 1.82) is 0 Å². The van der Waals surface area contributed by atoms with E-state index in [0.717, 1.165) is 6.92 Å². The second-order valence-electron chi connectivity index (χ2n) is 4.39. The molecule has 120 valence electrons. The van der Waals surface area contributed by atoms with E-state index in [2.05, 4.69) is 10.1 Å². The Hall–Kier alpha value is -2.22. The van der Waals surface area contributed by atoms with Gasteiger partial charge in [0.2, 0.25) is 0 Å². The van der Waals surface area contributed by atoms with Crippen molar-refractivity contribution in [3.05, 3.63) is 30.3 Å². The first-order valence-corrected chi connectivity index (χ1v) is 7.81. The molecule has 0 fully saturated rings. The number of amides is 1. The summed E-state index contributed by atoms with van der Waals surface area (Å²) in [6.07, 6.45) is 0.00263. The van der Waals surface area contributed by atoms with Crippen LogP contribution in [0, 0.1) is 0 Å². The number of nitrogens with one attached hydrogen (secondary N) is 1. The monoisotopic (exact) mass is 327 g/mol. The van der Waals surface area contributed by atoms with Gasteiger partial charge in [0.05, 0.1) is 10.8 Å². The largest absolute Gasteiger partial charge is 0.480 e. The van der Waals surface area contributed by atoms with Crippen molar-refractivity contribution in [2.45, 2.75) is 24.3 Å². The Morgan fingerprint density at radius 3 is 2.45 bits per heavy atom. The highest BCUT2D eigenvalue weighted by molar-refractivity contribution is 7.85. The SMILES string of the molecule is CC(=O)OCC(=O)N[C@H](CC[S@@](=O)c1ccccc1)C(=O)O. The van der Waals surface area contributed by atoms with Gasteiger partial charge < -0.3 is 15.2 Å². The number of carboxylic acid groups (broad SMARTS) is 1. The summed E-state index contributed by atoms with van der Waals surface area (Å²) in [6.45, 7) is 0.603. The summed E-state index contributed by atoms with van der Waals surface area (Å²) in [5.74, 6) is -2.49. The third-order valence-corrected chi connectivity index (χ3v) is 4.04. The maximum atomic E-state index is 12.0. The van der Waals surface area contributed by atoms with Crippen LogP contribution in [0.2, 0.25) is 0 Å². The van der Waals surface area contributed by atoms with Gasteiger partial charge in [0.1, 0.15) is 6.04 Å². The second-order valence-corrected chi connectivity index (χ2v) is 5.96. The molecule has 0 aliphatic rings. The first-order valence-electron chi connectivity index (χ1n) is 6.49. The van der Waals surface area contributed by atoms with Crippen molar-refractivity contribution in [3.63, 3.8) is 0 Å². The van der Waals surface area contributed by atoms with Crippen LogP contribution < -0.4 is 5.32 Å². The molecule has 0 saturated heterocycles. The molecule has 22 heavy (non-hydrogen) atoms. The lowest BCUT2D eigenvalue weighted by Gasteiger charge is -2.14. The molecule has 1 aromatic carbocycles. The van der Waals surface area contributed by atoms with Crippen molar-refractivity contribution in [3.8, 4) is 0 Å². The summed E-state index contributed by atoms with van der Waals surface area (Å²) < 4.78 is 16.5. The highest BCUT2D eigenvalue weighted by Gasteiger charge is 2.21. The van der Waals surface area contributed by atoms with Crippen LogP contribution in [0.15, 0.2) is 35.2 Å². The molecule has 0 bridgehead atoms. The summed E-state index contributed by atoms with van der Waals surface area (Å²) in [5.41, 5.74) is 0. The lowest BCUT2D eigenvalue weighted by molar-refractivity contribution is -0.148. The van der Waals surface area contributed by atoms with Gasteiger partial charge in [-0.3, -0.25) is 13.8 Å². The van der Waals surface area contributed by atoms with E-state index in [1.165, 1.54) is 0 Å². The number of hydrogen-bond donors (Lipinski definition) is 2. The summed E-state index contributed by atoms with van der Waals surface area (Å²) in [4.78, 5) is 33.7. The molecule has 0 saturated carbocycles.